The quantitative estimate of drug-likeness (QED) is 0.753. The molecule has 0 aromatic heterocycles. The number of rotatable bonds is 5. The normalized spacial score (nSPS) is 15.8. The lowest BCUT2D eigenvalue weighted by molar-refractivity contribution is 0.170. The molecule has 0 spiro atoms. The third kappa shape index (κ3) is 4.56. The SMILES string of the molecule is COC(=O)NCc1cc(C2C=CN(c3c(F)cc(C(C)C)cc3F)N2)ccc1C. The van der Waals surface area contributed by atoms with Crippen molar-refractivity contribution in [1.29, 1.82) is 0 Å². The minimum Gasteiger partial charge on any atom is -0.453 e. The molecule has 1 amide bonds. The number of carbonyl (C=O) groups excluding carboxylic acids is 1. The highest BCUT2D eigenvalue weighted by Crippen LogP contribution is 2.31. The highest BCUT2D eigenvalue weighted by atomic mass is 19.1. The highest BCUT2D eigenvalue weighted by molar-refractivity contribution is 5.67. The zero-order valence-corrected chi connectivity index (χ0v) is 16.9. The van der Waals surface area contributed by atoms with Gasteiger partial charge in [-0.2, -0.15) is 0 Å². The Labute approximate surface area is 169 Å². The molecule has 5 nitrogen and oxygen atoms in total. The molecule has 0 fully saturated rings. The molecule has 3 rings (SSSR count). The molecule has 1 aliphatic rings. The van der Waals surface area contributed by atoms with Gasteiger partial charge in [-0.1, -0.05) is 32.0 Å². The molecule has 0 bridgehead atoms. The number of hydrogen-bond acceptors (Lipinski definition) is 4. The number of methoxy groups -OCH3 is 1. The first-order chi connectivity index (χ1) is 13.8. The van der Waals surface area contributed by atoms with Gasteiger partial charge in [0.05, 0.1) is 13.2 Å². The first-order valence-electron chi connectivity index (χ1n) is 9.44. The molecule has 2 aromatic carbocycles. The third-order valence-electron chi connectivity index (χ3n) is 4.99. The van der Waals surface area contributed by atoms with E-state index in [0.717, 1.165) is 16.7 Å². The van der Waals surface area contributed by atoms with Gasteiger partial charge in [-0.25, -0.2) is 19.0 Å². The van der Waals surface area contributed by atoms with Gasteiger partial charge >= 0.3 is 6.09 Å². The van der Waals surface area contributed by atoms with Crippen molar-refractivity contribution in [1.82, 2.24) is 10.7 Å². The maximum Gasteiger partial charge on any atom is 0.407 e. The fourth-order valence-electron chi connectivity index (χ4n) is 3.20. The number of halogens is 2. The van der Waals surface area contributed by atoms with Crippen LogP contribution in [0.25, 0.3) is 0 Å². The number of benzene rings is 2. The molecule has 7 heteroatoms. The van der Waals surface area contributed by atoms with Gasteiger partial charge in [0.25, 0.3) is 0 Å². The Kier molecular flexibility index (Phi) is 6.17. The molecule has 1 heterocycles. The molecule has 1 aliphatic heterocycles. The minimum absolute atomic E-state index is 0.0347. The molecule has 1 atom stereocenters. The average Bonchev–Trinajstić information content (AvgIpc) is 3.16. The summed E-state index contributed by atoms with van der Waals surface area (Å²) < 4.78 is 33.7. The van der Waals surface area contributed by atoms with Crippen LogP contribution < -0.4 is 15.8 Å². The molecule has 0 saturated carbocycles. The molecule has 0 radical (unpaired) electrons. The van der Waals surface area contributed by atoms with E-state index in [4.69, 9.17) is 0 Å². The van der Waals surface area contributed by atoms with Crippen LogP contribution in [0, 0.1) is 18.6 Å². The summed E-state index contributed by atoms with van der Waals surface area (Å²) in [6.07, 6.45) is 2.95. The van der Waals surface area contributed by atoms with Crippen molar-refractivity contribution < 1.29 is 18.3 Å². The molecular weight excluding hydrogens is 376 g/mol. The topological polar surface area (TPSA) is 53.6 Å². The minimum atomic E-state index is -0.613. The number of anilines is 1. The molecular formula is C22H25F2N3O2. The van der Waals surface area contributed by atoms with Crippen LogP contribution in [0.5, 0.6) is 0 Å². The summed E-state index contributed by atoms with van der Waals surface area (Å²) in [5.41, 5.74) is 6.45. The molecule has 0 saturated heterocycles. The molecule has 1 unspecified atom stereocenters. The van der Waals surface area contributed by atoms with Crippen molar-refractivity contribution in [3.8, 4) is 0 Å². The lowest BCUT2D eigenvalue weighted by Crippen LogP contribution is -2.32. The summed E-state index contributed by atoms with van der Waals surface area (Å²) >= 11 is 0. The maximum absolute atomic E-state index is 14.6. The standard InChI is InChI=1S/C22H25F2N3O2/c1-13(2)16-10-18(23)21(19(24)11-16)27-8-7-20(26-27)15-6-5-14(3)17(9-15)12-25-22(28)29-4/h5-11,13,20,26H,12H2,1-4H3,(H,25,28). The van der Waals surface area contributed by atoms with Crippen molar-refractivity contribution in [3.05, 3.63) is 76.5 Å². The van der Waals surface area contributed by atoms with Crippen LogP contribution in [0.2, 0.25) is 0 Å². The number of alkyl carbamates (subject to hydrolysis) is 1. The van der Waals surface area contributed by atoms with Crippen molar-refractivity contribution in [3.63, 3.8) is 0 Å². The Bertz CT molecular complexity index is 921. The van der Waals surface area contributed by atoms with Crippen LogP contribution in [-0.4, -0.2) is 13.2 Å². The van der Waals surface area contributed by atoms with Crippen LogP contribution in [0.15, 0.2) is 42.6 Å². The second kappa shape index (κ2) is 8.61. The summed E-state index contributed by atoms with van der Waals surface area (Å²) in [5.74, 6) is -1.19. The van der Waals surface area contributed by atoms with Crippen molar-refractivity contribution in [2.45, 2.75) is 39.3 Å². The van der Waals surface area contributed by atoms with Crippen LogP contribution in [0.1, 0.15) is 48.1 Å². The summed E-state index contributed by atoms with van der Waals surface area (Å²) in [6, 6.07) is 8.32. The lowest BCUT2D eigenvalue weighted by Gasteiger charge is -2.22. The van der Waals surface area contributed by atoms with Crippen molar-refractivity contribution >= 4 is 11.8 Å². The smallest absolute Gasteiger partial charge is 0.407 e. The zero-order chi connectivity index (χ0) is 21.1. The number of nitrogens with zero attached hydrogens (tertiary/aromatic N) is 1. The highest BCUT2D eigenvalue weighted by Gasteiger charge is 2.24. The third-order valence-corrected chi connectivity index (χ3v) is 4.99. The Morgan fingerprint density at radius 1 is 1.24 bits per heavy atom. The van der Waals surface area contributed by atoms with E-state index in [1.54, 1.807) is 6.20 Å². The fraction of sp³-hybridized carbons (Fsp3) is 0.318. The maximum atomic E-state index is 14.6. The largest absolute Gasteiger partial charge is 0.453 e. The monoisotopic (exact) mass is 401 g/mol. The van der Waals surface area contributed by atoms with E-state index in [2.05, 4.69) is 15.5 Å². The number of nitrogens with one attached hydrogen (secondary N) is 2. The molecule has 2 aromatic rings. The van der Waals surface area contributed by atoms with E-state index in [-0.39, 0.29) is 17.6 Å². The van der Waals surface area contributed by atoms with Gasteiger partial charge in [-0.15, -0.1) is 0 Å². The van der Waals surface area contributed by atoms with Crippen LogP contribution in [-0.2, 0) is 11.3 Å². The van der Waals surface area contributed by atoms with Gasteiger partial charge in [0, 0.05) is 12.7 Å². The predicted molar refractivity (Wildman–Crippen MR) is 108 cm³/mol. The van der Waals surface area contributed by atoms with Gasteiger partial charge in [0.2, 0.25) is 0 Å². The number of amides is 1. The van der Waals surface area contributed by atoms with E-state index in [9.17, 15) is 13.6 Å². The summed E-state index contributed by atoms with van der Waals surface area (Å²) in [4.78, 5) is 11.3. The van der Waals surface area contributed by atoms with Gasteiger partial charge in [-0.05, 0) is 53.3 Å². The van der Waals surface area contributed by atoms with E-state index in [1.807, 2.05) is 45.0 Å². The first-order valence-corrected chi connectivity index (χ1v) is 9.44. The average molecular weight is 401 g/mol. The second-order valence-corrected chi connectivity index (χ2v) is 7.34. The van der Waals surface area contributed by atoms with Gasteiger partial charge in [0.1, 0.15) is 5.69 Å². The zero-order valence-electron chi connectivity index (χ0n) is 16.9. The number of ether oxygens (including phenoxy) is 1. The van der Waals surface area contributed by atoms with E-state index in [0.29, 0.717) is 12.1 Å². The first kappa shape index (κ1) is 20.8. The second-order valence-electron chi connectivity index (χ2n) is 7.34. The lowest BCUT2D eigenvalue weighted by atomic mass is 10.0. The fourth-order valence-corrected chi connectivity index (χ4v) is 3.20. The van der Waals surface area contributed by atoms with E-state index < -0.39 is 17.7 Å². The van der Waals surface area contributed by atoms with Crippen molar-refractivity contribution in [2.75, 3.05) is 12.1 Å². The Morgan fingerprint density at radius 3 is 2.55 bits per heavy atom. The van der Waals surface area contributed by atoms with Gasteiger partial charge < -0.3 is 10.1 Å². The van der Waals surface area contributed by atoms with Gasteiger partial charge in [0.15, 0.2) is 11.6 Å². The summed E-state index contributed by atoms with van der Waals surface area (Å²) in [5, 5.41) is 4.03. The summed E-state index contributed by atoms with van der Waals surface area (Å²) in [6.45, 7) is 6.06. The molecule has 0 aliphatic carbocycles. The number of hydrogen-bond donors (Lipinski definition) is 2. The number of hydrazine groups is 1. The Balaban J connectivity index is 1.78. The van der Waals surface area contributed by atoms with E-state index >= 15 is 0 Å². The molecule has 154 valence electrons. The predicted octanol–water partition coefficient (Wildman–Crippen LogP) is 4.83. The molecule has 2 N–H and O–H groups in total. The number of carbonyl (C=O) groups is 1. The van der Waals surface area contributed by atoms with Crippen LogP contribution >= 0.6 is 0 Å². The summed E-state index contributed by atoms with van der Waals surface area (Å²) in [7, 11) is 1.31. The number of aryl methyl sites for hydroxylation is 1. The van der Waals surface area contributed by atoms with Gasteiger partial charge in [-0.3, -0.25) is 5.01 Å². The molecule has 29 heavy (non-hydrogen) atoms. The van der Waals surface area contributed by atoms with Crippen molar-refractivity contribution in [2.24, 2.45) is 0 Å². The Hall–Kier alpha value is -2.93. The van der Waals surface area contributed by atoms with Crippen LogP contribution in [0.4, 0.5) is 19.3 Å². The Morgan fingerprint density at radius 2 is 1.93 bits per heavy atom. The van der Waals surface area contributed by atoms with Crippen LogP contribution in [0.3, 0.4) is 0 Å². The van der Waals surface area contributed by atoms with E-state index in [1.165, 1.54) is 24.3 Å².